The van der Waals surface area contributed by atoms with Gasteiger partial charge in [-0.3, -0.25) is 14.9 Å². The van der Waals surface area contributed by atoms with Gasteiger partial charge in [0.1, 0.15) is 17.3 Å². The first-order valence-electron chi connectivity index (χ1n) is 8.45. The standard InChI is InChI=1S/C20H16ClN3O5/c1-28-15-5-2-13(3-6-15)10-20(25)23-22-12-16-7-9-19(29-16)17-11-14(24(26)27)4-8-18(17)21/h2-9,11-12H,10H2,1H3,(H,23,25)/b22-12-. The van der Waals surface area contributed by atoms with Crippen LogP contribution in [0.5, 0.6) is 5.75 Å². The molecule has 2 aromatic carbocycles. The largest absolute Gasteiger partial charge is 0.497 e. The molecule has 0 aliphatic carbocycles. The van der Waals surface area contributed by atoms with Crippen molar-refractivity contribution in [2.45, 2.75) is 6.42 Å². The van der Waals surface area contributed by atoms with E-state index in [-0.39, 0.29) is 18.0 Å². The number of methoxy groups -OCH3 is 1. The highest BCUT2D eigenvalue weighted by atomic mass is 35.5. The molecule has 0 bridgehead atoms. The summed E-state index contributed by atoms with van der Waals surface area (Å²) in [5.41, 5.74) is 3.53. The van der Waals surface area contributed by atoms with Crippen LogP contribution in [0.15, 0.2) is 64.1 Å². The van der Waals surface area contributed by atoms with Gasteiger partial charge in [0.05, 0.1) is 29.7 Å². The number of non-ortho nitro benzene ring substituents is 1. The summed E-state index contributed by atoms with van der Waals surface area (Å²) in [6.07, 6.45) is 1.49. The van der Waals surface area contributed by atoms with Gasteiger partial charge in [0.2, 0.25) is 5.91 Å². The van der Waals surface area contributed by atoms with Crippen LogP contribution in [-0.4, -0.2) is 24.2 Å². The normalized spacial score (nSPS) is 10.8. The number of benzene rings is 2. The maximum atomic E-state index is 12.0. The summed E-state index contributed by atoms with van der Waals surface area (Å²) < 4.78 is 10.7. The zero-order chi connectivity index (χ0) is 20.8. The molecule has 3 rings (SSSR count). The van der Waals surface area contributed by atoms with Crippen LogP contribution >= 0.6 is 11.6 Å². The number of nitrogens with zero attached hydrogens (tertiary/aromatic N) is 2. The Morgan fingerprint density at radius 3 is 2.69 bits per heavy atom. The number of hydrogen-bond donors (Lipinski definition) is 1. The summed E-state index contributed by atoms with van der Waals surface area (Å²) in [6, 6.07) is 14.5. The second kappa shape index (κ2) is 9.03. The van der Waals surface area contributed by atoms with Crippen molar-refractivity contribution in [1.29, 1.82) is 0 Å². The van der Waals surface area contributed by atoms with Crippen molar-refractivity contribution in [3.05, 3.63) is 81.1 Å². The van der Waals surface area contributed by atoms with Crippen molar-refractivity contribution in [3.63, 3.8) is 0 Å². The predicted molar refractivity (Wildman–Crippen MR) is 108 cm³/mol. The Balaban J connectivity index is 1.62. The SMILES string of the molecule is COc1ccc(CC(=O)N/N=C\c2ccc(-c3cc([N+](=O)[O-])ccc3Cl)o2)cc1. The topological polar surface area (TPSA) is 107 Å². The molecule has 0 saturated heterocycles. The summed E-state index contributed by atoms with van der Waals surface area (Å²) in [5, 5.41) is 15.1. The number of ether oxygens (including phenoxy) is 1. The molecule has 1 aromatic heterocycles. The smallest absolute Gasteiger partial charge is 0.270 e. The fraction of sp³-hybridized carbons (Fsp3) is 0.100. The minimum atomic E-state index is -0.510. The van der Waals surface area contributed by atoms with Gasteiger partial charge in [0.25, 0.3) is 5.69 Å². The number of hydrazone groups is 1. The van der Waals surface area contributed by atoms with Gasteiger partial charge in [-0.05, 0) is 35.9 Å². The van der Waals surface area contributed by atoms with Gasteiger partial charge in [0.15, 0.2) is 0 Å². The van der Waals surface area contributed by atoms with Crippen LogP contribution in [0.25, 0.3) is 11.3 Å². The molecule has 0 radical (unpaired) electrons. The molecule has 1 N–H and O–H groups in total. The first-order chi connectivity index (χ1) is 14.0. The summed E-state index contributed by atoms with van der Waals surface area (Å²) in [7, 11) is 1.57. The maximum Gasteiger partial charge on any atom is 0.270 e. The van der Waals surface area contributed by atoms with E-state index in [1.54, 1.807) is 43.5 Å². The van der Waals surface area contributed by atoms with Crippen LogP contribution in [0.4, 0.5) is 5.69 Å². The van der Waals surface area contributed by atoms with Crippen LogP contribution in [-0.2, 0) is 11.2 Å². The molecule has 29 heavy (non-hydrogen) atoms. The first-order valence-corrected chi connectivity index (χ1v) is 8.83. The number of nitro benzene ring substituents is 1. The van der Waals surface area contributed by atoms with E-state index in [1.165, 1.54) is 24.4 Å². The molecular formula is C20H16ClN3O5. The molecule has 3 aromatic rings. The van der Waals surface area contributed by atoms with Gasteiger partial charge >= 0.3 is 0 Å². The maximum absolute atomic E-state index is 12.0. The minimum Gasteiger partial charge on any atom is -0.497 e. The lowest BCUT2D eigenvalue weighted by Crippen LogP contribution is -2.19. The van der Waals surface area contributed by atoms with E-state index in [2.05, 4.69) is 10.5 Å². The number of rotatable bonds is 7. The third-order valence-corrected chi connectivity index (χ3v) is 4.29. The Hall–Kier alpha value is -3.65. The molecule has 1 heterocycles. The predicted octanol–water partition coefficient (Wildman–Crippen LogP) is 4.21. The number of halogens is 1. The Morgan fingerprint density at radius 1 is 1.24 bits per heavy atom. The fourth-order valence-electron chi connectivity index (χ4n) is 2.52. The first kappa shape index (κ1) is 20.1. The van der Waals surface area contributed by atoms with E-state index in [0.29, 0.717) is 27.9 Å². The highest BCUT2D eigenvalue weighted by molar-refractivity contribution is 6.33. The van der Waals surface area contributed by atoms with Crippen LogP contribution in [0, 0.1) is 10.1 Å². The summed E-state index contributed by atoms with van der Waals surface area (Å²) in [6.45, 7) is 0. The second-order valence-electron chi connectivity index (χ2n) is 5.94. The van der Waals surface area contributed by atoms with Gasteiger partial charge in [-0.2, -0.15) is 5.10 Å². The molecule has 0 spiro atoms. The Labute approximate surface area is 170 Å². The van der Waals surface area contributed by atoms with Crippen LogP contribution in [0.2, 0.25) is 5.02 Å². The van der Waals surface area contributed by atoms with E-state index in [1.807, 2.05) is 0 Å². The van der Waals surface area contributed by atoms with E-state index < -0.39 is 4.92 Å². The molecule has 9 heteroatoms. The minimum absolute atomic E-state index is 0.0955. The Morgan fingerprint density at radius 2 is 2.00 bits per heavy atom. The number of nitrogens with one attached hydrogen (secondary N) is 1. The molecule has 0 unspecified atom stereocenters. The average Bonchev–Trinajstić information content (AvgIpc) is 3.17. The number of hydrogen-bond acceptors (Lipinski definition) is 6. The van der Waals surface area contributed by atoms with Crippen LogP contribution < -0.4 is 10.2 Å². The number of nitro groups is 1. The molecule has 0 fully saturated rings. The number of carbonyl (C=O) groups is 1. The fourth-order valence-corrected chi connectivity index (χ4v) is 2.73. The molecule has 1 amide bonds. The van der Waals surface area contributed by atoms with Crippen molar-refractivity contribution in [2.24, 2.45) is 5.10 Å². The van der Waals surface area contributed by atoms with Gasteiger partial charge in [-0.25, -0.2) is 5.43 Å². The van der Waals surface area contributed by atoms with Crippen LogP contribution in [0.1, 0.15) is 11.3 Å². The Kier molecular flexibility index (Phi) is 6.25. The summed E-state index contributed by atoms with van der Waals surface area (Å²) in [4.78, 5) is 22.4. The molecule has 8 nitrogen and oxygen atoms in total. The van der Waals surface area contributed by atoms with Gasteiger partial charge in [0, 0.05) is 17.7 Å². The highest BCUT2D eigenvalue weighted by Gasteiger charge is 2.14. The monoisotopic (exact) mass is 413 g/mol. The zero-order valence-electron chi connectivity index (χ0n) is 15.3. The summed E-state index contributed by atoms with van der Waals surface area (Å²) in [5.74, 6) is 1.13. The zero-order valence-corrected chi connectivity index (χ0v) is 16.1. The number of furan rings is 1. The molecule has 0 saturated carbocycles. The van der Waals surface area contributed by atoms with Crippen molar-refractivity contribution in [2.75, 3.05) is 7.11 Å². The number of amides is 1. The van der Waals surface area contributed by atoms with Crippen LogP contribution in [0.3, 0.4) is 0 Å². The third kappa shape index (κ3) is 5.20. The lowest BCUT2D eigenvalue weighted by atomic mass is 10.1. The second-order valence-corrected chi connectivity index (χ2v) is 6.35. The lowest BCUT2D eigenvalue weighted by molar-refractivity contribution is -0.384. The molecule has 0 aliphatic rings. The molecule has 0 aliphatic heterocycles. The van der Waals surface area contributed by atoms with E-state index >= 15 is 0 Å². The Bertz CT molecular complexity index is 1060. The molecule has 0 atom stereocenters. The van der Waals surface area contributed by atoms with Crippen molar-refractivity contribution in [3.8, 4) is 17.1 Å². The lowest BCUT2D eigenvalue weighted by Gasteiger charge is -2.02. The quantitative estimate of drug-likeness (QED) is 0.354. The molecule has 148 valence electrons. The van der Waals surface area contributed by atoms with Crippen molar-refractivity contribution >= 4 is 29.4 Å². The van der Waals surface area contributed by atoms with Crippen molar-refractivity contribution in [1.82, 2.24) is 5.43 Å². The highest BCUT2D eigenvalue weighted by Crippen LogP contribution is 2.32. The van der Waals surface area contributed by atoms with E-state index in [4.69, 9.17) is 20.8 Å². The molecular weight excluding hydrogens is 398 g/mol. The third-order valence-electron chi connectivity index (χ3n) is 3.96. The van der Waals surface area contributed by atoms with E-state index in [9.17, 15) is 14.9 Å². The van der Waals surface area contributed by atoms with Gasteiger partial charge in [-0.1, -0.05) is 23.7 Å². The van der Waals surface area contributed by atoms with E-state index in [0.717, 1.165) is 5.56 Å². The van der Waals surface area contributed by atoms with Gasteiger partial charge in [-0.15, -0.1) is 0 Å². The van der Waals surface area contributed by atoms with Crippen molar-refractivity contribution < 1.29 is 18.9 Å². The number of carbonyl (C=O) groups excluding carboxylic acids is 1. The average molecular weight is 414 g/mol. The van der Waals surface area contributed by atoms with Gasteiger partial charge < -0.3 is 9.15 Å². The summed E-state index contributed by atoms with van der Waals surface area (Å²) >= 11 is 6.11.